The Morgan fingerprint density at radius 1 is 1.21 bits per heavy atom. The van der Waals surface area contributed by atoms with E-state index in [0.717, 1.165) is 15.7 Å². The van der Waals surface area contributed by atoms with Crippen molar-refractivity contribution in [3.05, 3.63) is 52.6 Å². The number of nitrogens with two attached hydrogens (primary N) is 1. The van der Waals surface area contributed by atoms with Crippen molar-refractivity contribution in [1.29, 1.82) is 5.26 Å². The van der Waals surface area contributed by atoms with Crippen molar-refractivity contribution in [3.63, 3.8) is 0 Å². The van der Waals surface area contributed by atoms with Crippen LogP contribution >= 0.6 is 15.9 Å². The van der Waals surface area contributed by atoms with Gasteiger partial charge in [0.1, 0.15) is 17.2 Å². The quantitative estimate of drug-likeness (QED) is 0.750. The fraction of sp³-hybridized carbons (Fsp3) is 0. The van der Waals surface area contributed by atoms with Crippen molar-refractivity contribution in [1.82, 2.24) is 9.38 Å². The molecule has 0 radical (unpaired) electrons. The largest absolute Gasteiger partial charge is 0.383 e. The number of benzene rings is 1. The SMILES string of the molecule is N#Cc1ccccc1-c1nc2ccc(Br)cn2c1N. The summed E-state index contributed by atoms with van der Waals surface area (Å²) in [5.41, 5.74) is 8.84. The number of nitrogens with zero attached hydrogens (tertiary/aromatic N) is 3. The fourth-order valence-electron chi connectivity index (χ4n) is 2.02. The van der Waals surface area contributed by atoms with Gasteiger partial charge in [-0.25, -0.2) is 4.98 Å². The van der Waals surface area contributed by atoms with Crippen LogP contribution in [0.5, 0.6) is 0 Å². The molecule has 0 aliphatic carbocycles. The molecule has 0 aliphatic rings. The second-order valence-electron chi connectivity index (χ2n) is 4.08. The van der Waals surface area contributed by atoms with E-state index < -0.39 is 0 Å². The lowest BCUT2D eigenvalue weighted by Gasteiger charge is -2.01. The summed E-state index contributed by atoms with van der Waals surface area (Å²) in [6.07, 6.45) is 1.86. The minimum absolute atomic E-state index is 0.527. The Morgan fingerprint density at radius 2 is 2.00 bits per heavy atom. The number of rotatable bonds is 1. The average molecular weight is 313 g/mol. The minimum Gasteiger partial charge on any atom is -0.383 e. The van der Waals surface area contributed by atoms with Crippen molar-refractivity contribution in [2.24, 2.45) is 0 Å². The molecule has 2 aromatic heterocycles. The molecule has 0 bridgehead atoms. The van der Waals surface area contributed by atoms with Crippen molar-refractivity contribution in [2.45, 2.75) is 0 Å². The number of halogens is 1. The highest BCUT2D eigenvalue weighted by Gasteiger charge is 2.14. The van der Waals surface area contributed by atoms with E-state index in [1.165, 1.54) is 0 Å². The van der Waals surface area contributed by atoms with Crippen LogP contribution in [0.4, 0.5) is 5.82 Å². The first kappa shape index (κ1) is 11.8. The molecule has 0 spiro atoms. The van der Waals surface area contributed by atoms with E-state index in [9.17, 15) is 0 Å². The molecule has 3 aromatic rings. The zero-order chi connectivity index (χ0) is 13.4. The maximum Gasteiger partial charge on any atom is 0.139 e. The first-order valence-electron chi connectivity index (χ1n) is 5.63. The Balaban J connectivity index is 2.32. The molecular formula is C14H9BrN4. The highest BCUT2D eigenvalue weighted by atomic mass is 79.9. The van der Waals surface area contributed by atoms with Crippen LogP contribution < -0.4 is 5.73 Å². The van der Waals surface area contributed by atoms with Crippen LogP contribution in [0.3, 0.4) is 0 Å². The molecule has 19 heavy (non-hydrogen) atoms. The van der Waals surface area contributed by atoms with Gasteiger partial charge >= 0.3 is 0 Å². The second kappa shape index (κ2) is 4.41. The van der Waals surface area contributed by atoms with Crippen LogP contribution in [0, 0.1) is 11.3 Å². The summed E-state index contributed by atoms with van der Waals surface area (Å²) < 4.78 is 2.72. The van der Waals surface area contributed by atoms with Gasteiger partial charge in [-0.2, -0.15) is 5.26 Å². The monoisotopic (exact) mass is 312 g/mol. The Hall–Kier alpha value is -2.32. The first-order valence-corrected chi connectivity index (χ1v) is 6.42. The molecular weight excluding hydrogens is 304 g/mol. The van der Waals surface area contributed by atoms with Gasteiger partial charge < -0.3 is 5.73 Å². The summed E-state index contributed by atoms with van der Waals surface area (Å²) in [5, 5.41) is 9.16. The number of anilines is 1. The number of nitriles is 1. The van der Waals surface area contributed by atoms with E-state index >= 15 is 0 Å². The highest BCUT2D eigenvalue weighted by Crippen LogP contribution is 2.29. The lowest BCUT2D eigenvalue weighted by Crippen LogP contribution is -1.94. The maximum atomic E-state index is 9.16. The van der Waals surface area contributed by atoms with Crippen LogP contribution in [-0.2, 0) is 0 Å². The standard InChI is InChI=1S/C14H9BrN4/c15-10-5-6-12-18-13(14(17)19(12)8-10)11-4-2-1-3-9(11)7-16/h1-6,8H,17H2. The number of hydrogen-bond donors (Lipinski definition) is 1. The predicted octanol–water partition coefficient (Wildman–Crippen LogP) is 3.22. The van der Waals surface area contributed by atoms with Crippen molar-refractivity contribution >= 4 is 27.4 Å². The molecule has 3 rings (SSSR count). The fourth-order valence-corrected chi connectivity index (χ4v) is 2.36. The van der Waals surface area contributed by atoms with E-state index in [2.05, 4.69) is 27.0 Å². The molecule has 2 heterocycles. The topological polar surface area (TPSA) is 67.1 Å². The summed E-state index contributed by atoms with van der Waals surface area (Å²) in [5.74, 6) is 0.527. The van der Waals surface area contributed by atoms with Gasteiger partial charge in [-0.05, 0) is 34.1 Å². The smallest absolute Gasteiger partial charge is 0.139 e. The molecule has 0 amide bonds. The molecule has 0 saturated carbocycles. The van der Waals surface area contributed by atoms with Crippen molar-refractivity contribution in [3.8, 4) is 17.3 Å². The Morgan fingerprint density at radius 3 is 2.79 bits per heavy atom. The van der Waals surface area contributed by atoms with Gasteiger partial charge in [0.15, 0.2) is 0 Å². The molecule has 0 atom stereocenters. The molecule has 0 unspecified atom stereocenters. The number of imidazole rings is 1. The third-order valence-electron chi connectivity index (χ3n) is 2.92. The second-order valence-corrected chi connectivity index (χ2v) is 4.99. The van der Waals surface area contributed by atoms with Crippen LogP contribution in [0.2, 0.25) is 0 Å². The van der Waals surface area contributed by atoms with E-state index in [1.807, 2.05) is 36.5 Å². The van der Waals surface area contributed by atoms with Gasteiger partial charge in [-0.15, -0.1) is 0 Å². The van der Waals surface area contributed by atoms with Gasteiger partial charge in [0.2, 0.25) is 0 Å². The summed E-state index contributed by atoms with van der Waals surface area (Å²) in [6.45, 7) is 0. The van der Waals surface area contributed by atoms with Crippen molar-refractivity contribution < 1.29 is 0 Å². The van der Waals surface area contributed by atoms with E-state index in [-0.39, 0.29) is 0 Å². The third kappa shape index (κ3) is 1.86. The maximum absolute atomic E-state index is 9.16. The van der Waals surface area contributed by atoms with Gasteiger partial charge in [0, 0.05) is 16.2 Å². The summed E-state index contributed by atoms with van der Waals surface area (Å²) in [6, 6.07) is 13.2. The number of nitrogen functional groups attached to an aromatic ring is 1. The molecule has 4 nitrogen and oxygen atoms in total. The molecule has 5 heteroatoms. The first-order chi connectivity index (χ1) is 9.20. The normalized spacial score (nSPS) is 10.5. The Labute approximate surface area is 118 Å². The Bertz CT molecular complexity index is 814. The van der Waals surface area contributed by atoms with Crippen LogP contribution in [0.25, 0.3) is 16.9 Å². The zero-order valence-corrected chi connectivity index (χ0v) is 11.4. The summed E-state index contributed by atoms with van der Waals surface area (Å²) in [7, 11) is 0. The zero-order valence-electron chi connectivity index (χ0n) is 9.84. The molecule has 1 aromatic carbocycles. The third-order valence-corrected chi connectivity index (χ3v) is 3.39. The van der Waals surface area contributed by atoms with Gasteiger partial charge in [0.05, 0.1) is 11.6 Å². The van der Waals surface area contributed by atoms with E-state index in [4.69, 9.17) is 11.0 Å². The lowest BCUT2D eigenvalue weighted by molar-refractivity contribution is 1.18. The number of aromatic nitrogens is 2. The van der Waals surface area contributed by atoms with Crippen LogP contribution in [-0.4, -0.2) is 9.38 Å². The van der Waals surface area contributed by atoms with Crippen LogP contribution in [0.15, 0.2) is 47.1 Å². The number of fused-ring (bicyclic) bond motifs is 1. The molecule has 0 saturated heterocycles. The summed E-state index contributed by atoms with van der Waals surface area (Å²) >= 11 is 3.40. The van der Waals surface area contributed by atoms with Gasteiger partial charge in [0.25, 0.3) is 0 Å². The number of pyridine rings is 1. The molecule has 0 aliphatic heterocycles. The van der Waals surface area contributed by atoms with E-state index in [1.54, 1.807) is 10.5 Å². The Kier molecular flexibility index (Phi) is 2.73. The van der Waals surface area contributed by atoms with Crippen LogP contribution in [0.1, 0.15) is 5.56 Å². The van der Waals surface area contributed by atoms with E-state index in [0.29, 0.717) is 17.1 Å². The van der Waals surface area contributed by atoms with Gasteiger partial charge in [-0.3, -0.25) is 4.40 Å². The number of hydrogen-bond acceptors (Lipinski definition) is 3. The molecule has 2 N–H and O–H groups in total. The minimum atomic E-state index is 0.527. The lowest BCUT2D eigenvalue weighted by atomic mass is 10.1. The average Bonchev–Trinajstić information content (AvgIpc) is 2.76. The molecule has 0 fully saturated rings. The highest BCUT2D eigenvalue weighted by molar-refractivity contribution is 9.10. The van der Waals surface area contributed by atoms with Crippen molar-refractivity contribution in [2.75, 3.05) is 5.73 Å². The van der Waals surface area contributed by atoms with Gasteiger partial charge in [-0.1, -0.05) is 18.2 Å². The predicted molar refractivity (Wildman–Crippen MR) is 77.5 cm³/mol. The molecule has 92 valence electrons. The summed E-state index contributed by atoms with van der Waals surface area (Å²) in [4.78, 5) is 4.50.